The maximum atomic E-state index is 13.4. The molecule has 10 heteroatoms. The van der Waals surface area contributed by atoms with Gasteiger partial charge in [0, 0.05) is 29.9 Å². The lowest BCUT2D eigenvalue weighted by molar-refractivity contribution is -0.117. The van der Waals surface area contributed by atoms with Gasteiger partial charge in [-0.15, -0.1) is 0 Å². The molecule has 0 aromatic heterocycles. The highest BCUT2D eigenvalue weighted by atomic mass is 35.5. The number of nitrogens with one attached hydrogen (secondary N) is 4. The van der Waals surface area contributed by atoms with E-state index in [-0.39, 0.29) is 35.3 Å². The summed E-state index contributed by atoms with van der Waals surface area (Å²) in [5, 5.41) is 13.5. The monoisotopic (exact) mass is 525 g/mol. The van der Waals surface area contributed by atoms with E-state index in [2.05, 4.69) is 21.3 Å². The number of urea groups is 1. The van der Waals surface area contributed by atoms with Crippen LogP contribution in [0.15, 0.2) is 59.1 Å². The summed E-state index contributed by atoms with van der Waals surface area (Å²) in [7, 11) is 0. The Morgan fingerprint density at radius 2 is 2.00 bits per heavy atom. The van der Waals surface area contributed by atoms with Crippen molar-refractivity contribution in [3.63, 3.8) is 0 Å². The van der Waals surface area contributed by atoms with Gasteiger partial charge in [-0.2, -0.15) is 0 Å². The van der Waals surface area contributed by atoms with Gasteiger partial charge in [0.05, 0.1) is 21.3 Å². The number of hydrogen-bond acceptors (Lipinski definition) is 6. The van der Waals surface area contributed by atoms with Gasteiger partial charge < -0.3 is 26.0 Å². The molecule has 6 rings (SSSR count). The minimum absolute atomic E-state index is 0.00861. The van der Waals surface area contributed by atoms with Crippen molar-refractivity contribution in [2.75, 3.05) is 24.5 Å². The molecule has 4 aliphatic heterocycles. The lowest BCUT2D eigenvalue weighted by Gasteiger charge is -2.45. The minimum Gasteiger partial charge on any atom is -0.456 e. The van der Waals surface area contributed by atoms with Gasteiger partial charge in [0.15, 0.2) is 0 Å². The molecule has 4 aliphatic rings. The van der Waals surface area contributed by atoms with Crippen LogP contribution in [0.3, 0.4) is 0 Å². The molecular formula is C26H28ClN5O3S. The summed E-state index contributed by atoms with van der Waals surface area (Å²) in [6, 6.07) is 14.7. The van der Waals surface area contributed by atoms with Crippen LogP contribution in [0.2, 0.25) is 5.02 Å². The highest BCUT2D eigenvalue weighted by Crippen LogP contribution is 2.48. The Hall–Kier alpha value is -2.72. The number of ether oxygens (including phenoxy) is 1. The van der Waals surface area contributed by atoms with Crippen molar-refractivity contribution in [3.05, 3.63) is 64.2 Å². The van der Waals surface area contributed by atoms with Crippen molar-refractivity contribution >= 4 is 41.0 Å². The smallest absolute Gasteiger partial charge is 0.326 e. The molecule has 3 saturated heterocycles. The van der Waals surface area contributed by atoms with Crippen LogP contribution in [-0.4, -0.2) is 49.0 Å². The third-order valence-corrected chi connectivity index (χ3v) is 8.79. The maximum absolute atomic E-state index is 13.4. The zero-order chi connectivity index (χ0) is 24.6. The van der Waals surface area contributed by atoms with Gasteiger partial charge >= 0.3 is 6.03 Å². The summed E-state index contributed by atoms with van der Waals surface area (Å²) in [5.74, 6) is 1.11. The standard InChI is InChI=1S/C26H28ClN5O3S/c27-18-13-16(8-9-20(18)35-17-6-2-1-3-7-17)32-19-10-12-29-25-21(19)22(31-26(32)34)23(36-25)24(33)30-15-5-4-11-28-14-15/h1-3,6-9,13,15,19,21,25,28-29H,4-5,10-12,14H2,(H,30,33)(H,31,34)/t15-,19?,21?,25?/m1/s1. The van der Waals surface area contributed by atoms with Crippen LogP contribution in [0.25, 0.3) is 0 Å². The number of carbonyl (C=O) groups excluding carboxylic acids is 2. The second-order valence-electron chi connectivity index (χ2n) is 9.46. The molecule has 8 nitrogen and oxygen atoms in total. The molecular weight excluding hydrogens is 498 g/mol. The zero-order valence-electron chi connectivity index (χ0n) is 19.6. The van der Waals surface area contributed by atoms with Gasteiger partial charge in [0.2, 0.25) is 0 Å². The van der Waals surface area contributed by atoms with Gasteiger partial charge in [-0.05, 0) is 62.7 Å². The largest absolute Gasteiger partial charge is 0.456 e. The van der Waals surface area contributed by atoms with Gasteiger partial charge in [0.25, 0.3) is 5.91 Å². The quantitative estimate of drug-likeness (QED) is 0.474. The molecule has 4 heterocycles. The normalized spacial score (nSPS) is 27.4. The number of nitrogens with zero attached hydrogens (tertiary/aromatic N) is 1. The van der Waals surface area contributed by atoms with E-state index in [0.717, 1.165) is 44.6 Å². The molecule has 2 aromatic rings. The third kappa shape index (κ3) is 4.45. The number of halogens is 1. The van der Waals surface area contributed by atoms with E-state index in [1.165, 1.54) is 11.8 Å². The first-order valence-corrected chi connectivity index (χ1v) is 13.6. The molecule has 3 amide bonds. The molecule has 0 spiro atoms. The van der Waals surface area contributed by atoms with E-state index in [4.69, 9.17) is 16.3 Å². The van der Waals surface area contributed by atoms with Crippen LogP contribution < -0.4 is 30.9 Å². The van der Waals surface area contributed by atoms with Crippen molar-refractivity contribution in [1.29, 1.82) is 0 Å². The number of rotatable bonds is 5. The summed E-state index contributed by atoms with van der Waals surface area (Å²) >= 11 is 8.10. The van der Waals surface area contributed by atoms with Gasteiger partial charge in [0.1, 0.15) is 11.5 Å². The number of benzene rings is 2. The molecule has 0 bridgehead atoms. The Balaban J connectivity index is 1.25. The average Bonchev–Trinajstić information content (AvgIpc) is 3.26. The molecule has 4 N–H and O–H groups in total. The summed E-state index contributed by atoms with van der Waals surface area (Å²) in [4.78, 5) is 29.0. The number of thioether (sulfide) groups is 1. The Labute approximate surface area is 219 Å². The SMILES string of the molecule is O=C(N[C@@H]1CCCNC1)C1=C2NC(=O)N(c3ccc(Oc4ccccc4)c(Cl)c3)C3CCNC(S1)C23. The first kappa shape index (κ1) is 23.7. The molecule has 0 aliphatic carbocycles. The molecule has 188 valence electrons. The Bertz CT molecular complexity index is 1200. The molecule has 4 atom stereocenters. The summed E-state index contributed by atoms with van der Waals surface area (Å²) in [5.41, 5.74) is 1.44. The molecule has 3 unspecified atom stereocenters. The van der Waals surface area contributed by atoms with Crippen LogP contribution in [0.5, 0.6) is 11.5 Å². The lowest BCUT2D eigenvalue weighted by atomic mass is 9.86. The number of carbonyl (C=O) groups is 2. The highest BCUT2D eigenvalue weighted by molar-refractivity contribution is 8.04. The number of hydrogen-bond donors (Lipinski definition) is 4. The number of anilines is 1. The molecule has 3 fully saturated rings. The summed E-state index contributed by atoms with van der Waals surface area (Å²) < 4.78 is 5.91. The third-order valence-electron chi connectivity index (χ3n) is 7.14. The summed E-state index contributed by atoms with van der Waals surface area (Å²) in [6.07, 6.45) is 2.78. The van der Waals surface area contributed by atoms with E-state index in [9.17, 15) is 9.59 Å². The lowest BCUT2D eigenvalue weighted by Crippen LogP contribution is -2.62. The van der Waals surface area contributed by atoms with Crippen molar-refractivity contribution in [2.24, 2.45) is 5.92 Å². The molecule has 0 saturated carbocycles. The van der Waals surface area contributed by atoms with E-state index in [0.29, 0.717) is 27.1 Å². The van der Waals surface area contributed by atoms with E-state index in [1.54, 1.807) is 17.0 Å². The number of para-hydroxylation sites is 1. The Kier molecular flexibility index (Phi) is 6.55. The number of amides is 3. The Morgan fingerprint density at radius 1 is 1.14 bits per heavy atom. The van der Waals surface area contributed by atoms with E-state index in [1.807, 2.05) is 36.4 Å². The van der Waals surface area contributed by atoms with Gasteiger partial charge in [-0.1, -0.05) is 41.6 Å². The zero-order valence-corrected chi connectivity index (χ0v) is 21.2. The van der Waals surface area contributed by atoms with E-state index >= 15 is 0 Å². The fourth-order valence-corrected chi connectivity index (χ4v) is 7.10. The first-order chi connectivity index (χ1) is 17.6. The van der Waals surface area contributed by atoms with Gasteiger partial charge in [-0.25, -0.2) is 4.79 Å². The van der Waals surface area contributed by atoms with Crippen LogP contribution in [0.4, 0.5) is 10.5 Å². The van der Waals surface area contributed by atoms with Crippen molar-refractivity contribution < 1.29 is 14.3 Å². The highest BCUT2D eigenvalue weighted by Gasteiger charge is 2.51. The fourth-order valence-electron chi connectivity index (χ4n) is 5.49. The fraction of sp³-hybridized carbons (Fsp3) is 0.385. The maximum Gasteiger partial charge on any atom is 0.326 e. The Morgan fingerprint density at radius 3 is 2.78 bits per heavy atom. The van der Waals surface area contributed by atoms with Gasteiger partial charge in [-0.3, -0.25) is 9.69 Å². The van der Waals surface area contributed by atoms with Crippen molar-refractivity contribution in [2.45, 2.75) is 36.7 Å². The van der Waals surface area contributed by atoms with Crippen LogP contribution >= 0.6 is 23.4 Å². The van der Waals surface area contributed by atoms with Crippen molar-refractivity contribution in [3.8, 4) is 11.5 Å². The summed E-state index contributed by atoms with van der Waals surface area (Å²) in [6.45, 7) is 2.53. The average molecular weight is 526 g/mol. The first-order valence-electron chi connectivity index (χ1n) is 12.4. The van der Waals surface area contributed by atoms with Crippen LogP contribution in [-0.2, 0) is 4.79 Å². The van der Waals surface area contributed by atoms with E-state index < -0.39 is 0 Å². The topological polar surface area (TPSA) is 94.7 Å². The second kappa shape index (κ2) is 9.97. The number of piperidine rings is 2. The molecule has 36 heavy (non-hydrogen) atoms. The predicted molar refractivity (Wildman–Crippen MR) is 141 cm³/mol. The molecule has 0 radical (unpaired) electrons. The predicted octanol–water partition coefficient (Wildman–Crippen LogP) is 3.79. The molecule has 2 aromatic carbocycles. The second-order valence-corrected chi connectivity index (χ2v) is 11.0. The van der Waals surface area contributed by atoms with Crippen molar-refractivity contribution in [1.82, 2.24) is 21.3 Å². The minimum atomic E-state index is -0.244. The van der Waals surface area contributed by atoms with Crippen LogP contribution in [0, 0.1) is 5.92 Å². The van der Waals surface area contributed by atoms with Crippen LogP contribution in [0.1, 0.15) is 19.3 Å².